The van der Waals surface area contributed by atoms with Gasteiger partial charge >= 0.3 is 0 Å². The number of hydrogen-bond acceptors (Lipinski definition) is 2. The molecule has 0 aromatic carbocycles. The third kappa shape index (κ3) is 1.28. The SMILES string of the molecule is O=S1(=O)CC(CF)CC1F. The molecule has 0 saturated carbocycles. The highest BCUT2D eigenvalue weighted by atomic mass is 32.2. The van der Waals surface area contributed by atoms with E-state index in [9.17, 15) is 17.2 Å². The first-order valence-corrected chi connectivity index (χ1v) is 4.69. The zero-order valence-electron chi connectivity index (χ0n) is 5.26. The molecular formula is C5H8F2O2S. The maximum absolute atomic E-state index is 12.4. The van der Waals surface area contributed by atoms with E-state index in [-0.39, 0.29) is 12.2 Å². The van der Waals surface area contributed by atoms with Gasteiger partial charge in [-0.3, -0.25) is 4.39 Å². The molecule has 0 aliphatic carbocycles. The number of alkyl halides is 2. The van der Waals surface area contributed by atoms with Gasteiger partial charge in [0.1, 0.15) is 0 Å². The van der Waals surface area contributed by atoms with E-state index in [0.717, 1.165) is 0 Å². The van der Waals surface area contributed by atoms with Crippen LogP contribution in [0.25, 0.3) is 0 Å². The van der Waals surface area contributed by atoms with Gasteiger partial charge in [0.15, 0.2) is 9.84 Å². The van der Waals surface area contributed by atoms with Crippen LogP contribution in [0.15, 0.2) is 0 Å². The highest BCUT2D eigenvalue weighted by molar-refractivity contribution is 7.92. The fraction of sp³-hybridized carbons (Fsp3) is 1.00. The van der Waals surface area contributed by atoms with Crippen molar-refractivity contribution in [1.82, 2.24) is 0 Å². The van der Waals surface area contributed by atoms with Crippen LogP contribution in [-0.4, -0.2) is 26.3 Å². The van der Waals surface area contributed by atoms with Gasteiger partial charge in [-0.1, -0.05) is 0 Å². The van der Waals surface area contributed by atoms with Crippen LogP contribution >= 0.6 is 0 Å². The molecule has 2 nitrogen and oxygen atoms in total. The van der Waals surface area contributed by atoms with Crippen molar-refractivity contribution >= 4 is 9.84 Å². The summed E-state index contributed by atoms with van der Waals surface area (Å²) in [7, 11) is -3.59. The first-order chi connectivity index (χ1) is 4.56. The van der Waals surface area contributed by atoms with Crippen molar-refractivity contribution in [3.63, 3.8) is 0 Å². The monoisotopic (exact) mass is 170 g/mol. The van der Waals surface area contributed by atoms with Crippen molar-refractivity contribution in [3.8, 4) is 0 Å². The smallest absolute Gasteiger partial charge is 0.201 e. The first-order valence-electron chi connectivity index (χ1n) is 2.98. The Hall–Kier alpha value is -0.190. The van der Waals surface area contributed by atoms with Gasteiger partial charge in [0.05, 0.1) is 12.4 Å². The van der Waals surface area contributed by atoms with Gasteiger partial charge in [0, 0.05) is 5.92 Å². The lowest BCUT2D eigenvalue weighted by atomic mass is 10.1. The second kappa shape index (κ2) is 2.45. The van der Waals surface area contributed by atoms with Gasteiger partial charge in [0.25, 0.3) is 0 Å². The van der Waals surface area contributed by atoms with E-state index in [2.05, 4.69) is 0 Å². The van der Waals surface area contributed by atoms with Crippen LogP contribution < -0.4 is 0 Å². The van der Waals surface area contributed by atoms with Crippen molar-refractivity contribution < 1.29 is 17.2 Å². The molecule has 0 N–H and O–H groups in total. The van der Waals surface area contributed by atoms with Crippen molar-refractivity contribution in [3.05, 3.63) is 0 Å². The van der Waals surface area contributed by atoms with Gasteiger partial charge in [-0.2, -0.15) is 0 Å². The van der Waals surface area contributed by atoms with Crippen LogP contribution in [0.4, 0.5) is 8.78 Å². The number of sulfone groups is 1. The third-order valence-electron chi connectivity index (χ3n) is 1.59. The van der Waals surface area contributed by atoms with Crippen LogP contribution in [0.2, 0.25) is 0 Å². The molecular weight excluding hydrogens is 162 g/mol. The fourth-order valence-electron chi connectivity index (χ4n) is 1.02. The average Bonchev–Trinajstić information content (AvgIpc) is 2.08. The molecule has 1 fully saturated rings. The Morgan fingerprint density at radius 2 is 2.10 bits per heavy atom. The van der Waals surface area contributed by atoms with Gasteiger partial charge in [0.2, 0.25) is 5.50 Å². The van der Waals surface area contributed by atoms with Crippen LogP contribution in [0.1, 0.15) is 6.42 Å². The van der Waals surface area contributed by atoms with Gasteiger partial charge in [-0.05, 0) is 6.42 Å². The number of hydrogen-bond donors (Lipinski definition) is 0. The Morgan fingerprint density at radius 3 is 2.30 bits per heavy atom. The van der Waals surface area contributed by atoms with Crippen LogP contribution in [-0.2, 0) is 9.84 Å². The summed E-state index contributed by atoms with van der Waals surface area (Å²) in [4.78, 5) is 0. The maximum Gasteiger partial charge on any atom is 0.201 e. The maximum atomic E-state index is 12.4. The predicted octanol–water partition coefficient (Wildman–Crippen LogP) is 0.686. The average molecular weight is 170 g/mol. The van der Waals surface area contributed by atoms with E-state index < -0.39 is 27.9 Å². The molecule has 0 bridgehead atoms. The standard InChI is InChI=1S/C5H8F2O2S/c6-2-4-1-5(7)10(8,9)3-4/h4-5H,1-3H2. The van der Waals surface area contributed by atoms with E-state index in [0.29, 0.717) is 0 Å². The lowest BCUT2D eigenvalue weighted by molar-refractivity contribution is 0.330. The number of halogens is 2. The van der Waals surface area contributed by atoms with Crippen molar-refractivity contribution in [2.45, 2.75) is 11.9 Å². The molecule has 1 saturated heterocycles. The molecule has 10 heavy (non-hydrogen) atoms. The van der Waals surface area contributed by atoms with E-state index in [4.69, 9.17) is 0 Å². The summed E-state index contributed by atoms with van der Waals surface area (Å²) in [6, 6.07) is 0. The molecule has 0 aromatic heterocycles. The highest BCUT2D eigenvalue weighted by Gasteiger charge is 2.38. The Bertz CT molecular complexity index is 212. The molecule has 0 spiro atoms. The van der Waals surface area contributed by atoms with Crippen molar-refractivity contribution in [2.75, 3.05) is 12.4 Å². The minimum atomic E-state index is -3.59. The molecule has 0 radical (unpaired) electrons. The molecule has 2 unspecified atom stereocenters. The van der Waals surface area contributed by atoms with Gasteiger partial charge in [-0.15, -0.1) is 0 Å². The minimum Gasteiger partial charge on any atom is -0.251 e. The zero-order chi connectivity index (χ0) is 7.78. The molecule has 1 rings (SSSR count). The topological polar surface area (TPSA) is 34.1 Å². The quantitative estimate of drug-likeness (QED) is 0.580. The Morgan fingerprint density at radius 1 is 1.50 bits per heavy atom. The molecule has 1 aliphatic heterocycles. The lowest BCUT2D eigenvalue weighted by Gasteiger charge is -1.95. The number of rotatable bonds is 1. The second-order valence-electron chi connectivity index (χ2n) is 2.50. The van der Waals surface area contributed by atoms with E-state index in [1.165, 1.54) is 0 Å². The molecule has 1 aliphatic rings. The Kier molecular flexibility index (Phi) is 1.94. The molecule has 2 atom stereocenters. The summed E-state index contributed by atoms with van der Waals surface area (Å²) in [5.74, 6) is -0.940. The normalized spacial score (nSPS) is 38.2. The van der Waals surface area contributed by atoms with E-state index >= 15 is 0 Å². The molecule has 0 aromatic rings. The van der Waals surface area contributed by atoms with E-state index in [1.807, 2.05) is 0 Å². The Labute approximate surface area is 58.1 Å². The summed E-state index contributed by atoms with van der Waals surface area (Å²) in [5, 5.41) is 0. The van der Waals surface area contributed by atoms with Crippen LogP contribution in [0.5, 0.6) is 0 Å². The van der Waals surface area contributed by atoms with Gasteiger partial charge < -0.3 is 0 Å². The predicted molar refractivity (Wildman–Crippen MR) is 32.8 cm³/mol. The minimum absolute atomic E-state index is 0.168. The summed E-state index contributed by atoms with van der Waals surface area (Å²) >= 11 is 0. The van der Waals surface area contributed by atoms with Crippen LogP contribution in [0, 0.1) is 5.92 Å². The van der Waals surface area contributed by atoms with Crippen molar-refractivity contribution in [2.24, 2.45) is 5.92 Å². The molecule has 5 heteroatoms. The van der Waals surface area contributed by atoms with Crippen molar-refractivity contribution in [1.29, 1.82) is 0 Å². The lowest BCUT2D eigenvalue weighted by Crippen LogP contribution is -2.09. The van der Waals surface area contributed by atoms with Gasteiger partial charge in [-0.25, -0.2) is 12.8 Å². The summed E-state index contributed by atoms with van der Waals surface area (Å²) in [5.41, 5.74) is -1.83. The summed E-state index contributed by atoms with van der Waals surface area (Å²) in [6.45, 7) is -0.736. The van der Waals surface area contributed by atoms with E-state index in [1.54, 1.807) is 0 Å². The molecule has 0 amide bonds. The fourth-order valence-corrected chi connectivity index (χ4v) is 2.67. The van der Waals surface area contributed by atoms with Crippen LogP contribution in [0.3, 0.4) is 0 Å². The zero-order valence-corrected chi connectivity index (χ0v) is 6.07. The Balaban J connectivity index is 2.71. The largest absolute Gasteiger partial charge is 0.251 e. The molecule has 1 heterocycles. The highest BCUT2D eigenvalue weighted by Crippen LogP contribution is 2.26. The third-order valence-corrected chi connectivity index (χ3v) is 3.50. The first kappa shape index (κ1) is 7.91. The summed E-state index contributed by atoms with van der Waals surface area (Å²) in [6.07, 6.45) is -0.168. The summed E-state index contributed by atoms with van der Waals surface area (Å²) < 4.78 is 45.3. The second-order valence-corrected chi connectivity index (χ2v) is 4.67. The molecule has 60 valence electrons.